The van der Waals surface area contributed by atoms with E-state index in [0.717, 1.165) is 34.5 Å². The average molecular weight is 361 g/mol. The summed E-state index contributed by atoms with van der Waals surface area (Å²) in [6.07, 6.45) is 4.86. The van der Waals surface area contributed by atoms with Crippen molar-refractivity contribution in [2.75, 3.05) is 6.26 Å². The van der Waals surface area contributed by atoms with Gasteiger partial charge in [-0.2, -0.15) is 10.1 Å². The van der Waals surface area contributed by atoms with Gasteiger partial charge in [0.05, 0.1) is 10.2 Å². The van der Waals surface area contributed by atoms with E-state index in [1.54, 1.807) is 40.0 Å². The van der Waals surface area contributed by atoms with Crippen LogP contribution in [0.2, 0.25) is 0 Å². The van der Waals surface area contributed by atoms with Gasteiger partial charge in [0.25, 0.3) is 5.91 Å². The number of hydrogen-bond donors (Lipinski definition) is 0. The molecule has 3 rings (SSSR count). The predicted octanol–water partition coefficient (Wildman–Crippen LogP) is 3.79. The molecule has 0 atom stereocenters. The maximum atomic E-state index is 12.4. The third kappa shape index (κ3) is 3.32. The molecule has 0 aliphatic rings. The highest BCUT2D eigenvalue weighted by molar-refractivity contribution is 7.98. The Morgan fingerprint density at radius 3 is 2.83 bits per heavy atom. The highest BCUT2D eigenvalue weighted by Gasteiger charge is 2.11. The van der Waals surface area contributed by atoms with Crippen LogP contribution < -0.4 is 4.80 Å². The first kappa shape index (κ1) is 17.0. The first-order chi connectivity index (χ1) is 11.7. The Morgan fingerprint density at radius 1 is 1.33 bits per heavy atom. The Kier molecular flexibility index (Phi) is 5.20. The Hall–Kier alpha value is -1.86. The first-order valence-electron chi connectivity index (χ1n) is 7.96. The van der Waals surface area contributed by atoms with Crippen LogP contribution in [0.1, 0.15) is 30.8 Å². The molecule has 0 spiro atoms. The Bertz CT molecular complexity index is 936. The molecule has 2 aromatic heterocycles. The third-order valence-corrected chi connectivity index (χ3v) is 5.48. The topological polar surface area (TPSA) is 52.2 Å². The van der Waals surface area contributed by atoms with Gasteiger partial charge in [-0.15, -0.1) is 11.8 Å². The maximum Gasteiger partial charge on any atom is 0.300 e. The van der Waals surface area contributed by atoms with E-state index in [9.17, 15) is 4.79 Å². The molecule has 0 saturated carbocycles. The van der Waals surface area contributed by atoms with Crippen LogP contribution in [0.15, 0.2) is 40.4 Å². The molecular formula is C17H20N4OS2. The minimum atomic E-state index is -0.288. The summed E-state index contributed by atoms with van der Waals surface area (Å²) in [5.74, 6) is -0.288. The molecule has 3 aromatic rings. The van der Waals surface area contributed by atoms with Gasteiger partial charge in [-0.25, -0.2) is 0 Å². The monoisotopic (exact) mass is 360 g/mol. The summed E-state index contributed by atoms with van der Waals surface area (Å²) < 4.78 is 5.01. The predicted molar refractivity (Wildman–Crippen MR) is 99.7 cm³/mol. The molecule has 0 radical (unpaired) electrons. The Morgan fingerprint density at radius 2 is 2.17 bits per heavy atom. The van der Waals surface area contributed by atoms with Crippen LogP contribution in [0.5, 0.6) is 0 Å². The van der Waals surface area contributed by atoms with E-state index in [1.165, 1.54) is 4.90 Å². The van der Waals surface area contributed by atoms with Gasteiger partial charge in [-0.1, -0.05) is 18.3 Å². The highest BCUT2D eigenvalue weighted by atomic mass is 32.2. The number of hydrogen-bond acceptors (Lipinski definition) is 4. The van der Waals surface area contributed by atoms with E-state index in [4.69, 9.17) is 0 Å². The van der Waals surface area contributed by atoms with Crippen LogP contribution in [-0.2, 0) is 13.1 Å². The SMILES string of the molecule is CCCn1c(=NC(=O)c2ccn(CC)n2)sc2cc(SC)ccc21. The zero-order valence-corrected chi connectivity index (χ0v) is 15.7. The number of amides is 1. The van der Waals surface area contributed by atoms with Crippen LogP contribution in [0.3, 0.4) is 0 Å². The number of carbonyl (C=O) groups excluding carboxylic acids is 1. The number of fused-ring (bicyclic) bond motifs is 1. The summed E-state index contributed by atoms with van der Waals surface area (Å²) in [5.41, 5.74) is 1.52. The lowest BCUT2D eigenvalue weighted by Gasteiger charge is -2.03. The van der Waals surface area contributed by atoms with Crippen LogP contribution >= 0.6 is 23.1 Å². The lowest BCUT2D eigenvalue weighted by Crippen LogP contribution is -2.17. The van der Waals surface area contributed by atoms with Crippen molar-refractivity contribution in [3.63, 3.8) is 0 Å². The number of aromatic nitrogens is 3. The lowest BCUT2D eigenvalue weighted by molar-refractivity contribution is 0.0992. The molecule has 0 fully saturated rings. The fourth-order valence-electron chi connectivity index (χ4n) is 2.50. The van der Waals surface area contributed by atoms with E-state index < -0.39 is 0 Å². The van der Waals surface area contributed by atoms with Gasteiger partial charge in [0.1, 0.15) is 0 Å². The molecule has 0 aliphatic carbocycles. The van der Waals surface area contributed by atoms with Crippen molar-refractivity contribution in [2.45, 2.75) is 38.3 Å². The van der Waals surface area contributed by atoms with E-state index >= 15 is 0 Å². The molecule has 2 heterocycles. The number of nitrogens with zero attached hydrogens (tertiary/aromatic N) is 4. The van der Waals surface area contributed by atoms with Crippen molar-refractivity contribution >= 4 is 39.2 Å². The van der Waals surface area contributed by atoms with Crippen molar-refractivity contribution in [1.29, 1.82) is 0 Å². The minimum Gasteiger partial charge on any atom is -0.316 e. The second kappa shape index (κ2) is 7.36. The molecule has 7 heteroatoms. The summed E-state index contributed by atoms with van der Waals surface area (Å²) in [6, 6.07) is 8.10. The van der Waals surface area contributed by atoms with Crippen molar-refractivity contribution < 1.29 is 4.79 Å². The number of thiazole rings is 1. The van der Waals surface area contributed by atoms with E-state index in [1.807, 2.05) is 6.92 Å². The summed E-state index contributed by atoms with van der Waals surface area (Å²) in [6.45, 7) is 5.70. The fraction of sp³-hybridized carbons (Fsp3) is 0.353. The largest absolute Gasteiger partial charge is 0.316 e. The summed E-state index contributed by atoms with van der Waals surface area (Å²) in [4.78, 5) is 18.7. The maximum absolute atomic E-state index is 12.4. The molecule has 24 heavy (non-hydrogen) atoms. The molecule has 1 aromatic carbocycles. The molecule has 1 amide bonds. The number of carbonyl (C=O) groups is 1. The molecule has 0 unspecified atom stereocenters. The van der Waals surface area contributed by atoms with Gasteiger partial charge in [0.15, 0.2) is 10.5 Å². The van der Waals surface area contributed by atoms with Crippen LogP contribution in [0.4, 0.5) is 0 Å². The Balaban J connectivity index is 2.09. The van der Waals surface area contributed by atoms with E-state index in [0.29, 0.717) is 5.69 Å². The van der Waals surface area contributed by atoms with Gasteiger partial charge in [0, 0.05) is 24.2 Å². The number of aryl methyl sites for hydroxylation is 2. The molecule has 0 aliphatic heterocycles. The number of thioether (sulfide) groups is 1. The quantitative estimate of drug-likeness (QED) is 0.651. The van der Waals surface area contributed by atoms with Crippen molar-refractivity contribution in [2.24, 2.45) is 4.99 Å². The van der Waals surface area contributed by atoms with Crippen LogP contribution in [0.25, 0.3) is 10.2 Å². The number of benzene rings is 1. The van der Waals surface area contributed by atoms with Gasteiger partial charge in [-0.05, 0) is 43.9 Å². The highest BCUT2D eigenvalue weighted by Crippen LogP contribution is 2.24. The summed E-state index contributed by atoms with van der Waals surface area (Å²) in [7, 11) is 0. The van der Waals surface area contributed by atoms with Gasteiger partial charge >= 0.3 is 0 Å². The first-order valence-corrected chi connectivity index (χ1v) is 10.00. The van der Waals surface area contributed by atoms with Crippen molar-refractivity contribution in [3.05, 3.63) is 41.0 Å². The molecule has 5 nitrogen and oxygen atoms in total. The van der Waals surface area contributed by atoms with Crippen molar-refractivity contribution in [3.8, 4) is 0 Å². The zero-order chi connectivity index (χ0) is 17.1. The lowest BCUT2D eigenvalue weighted by atomic mass is 10.3. The number of rotatable bonds is 5. The third-order valence-electron chi connectivity index (χ3n) is 3.72. The Labute approximate surface area is 149 Å². The van der Waals surface area contributed by atoms with Gasteiger partial charge in [-0.3, -0.25) is 9.48 Å². The van der Waals surface area contributed by atoms with Crippen LogP contribution in [0, 0.1) is 0 Å². The van der Waals surface area contributed by atoms with Gasteiger partial charge in [0.2, 0.25) is 0 Å². The average Bonchev–Trinajstić information content (AvgIpc) is 3.20. The van der Waals surface area contributed by atoms with Crippen molar-refractivity contribution in [1.82, 2.24) is 14.3 Å². The summed E-state index contributed by atoms with van der Waals surface area (Å²) in [5, 5.41) is 4.25. The second-order valence-electron chi connectivity index (χ2n) is 5.34. The van der Waals surface area contributed by atoms with Crippen LogP contribution in [-0.4, -0.2) is 26.5 Å². The minimum absolute atomic E-state index is 0.288. The van der Waals surface area contributed by atoms with Gasteiger partial charge < -0.3 is 4.57 Å². The smallest absolute Gasteiger partial charge is 0.300 e. The second-order valence-corrected chi connectivity index (χ2v) is 7.23. The molecular weight excluding hydrogens is 340 g/mol. The fourth-order valence-corrected chi connectivity index (χ4v) is 4.11. The molecule has 126 valence electrons. The molecule has 0 bridgehead atoms. The van der Waals surface area contributed by atoms with E-state index in [-0.39, 0.29) is 5.91 Å². The summed E-state index contributed by atoms with van der Waals surface area (Å²) >= 11 is 3.27. The standard InChI is InChI=1S/C17H20N4OS2/c1-4-9-21-14-7-6-12(23-3)11-15(14)24-17(21)18-16(22)13-8-10-20(5-2)19-13/h6-8,10-11H,4-5,9H2,1-3H3. The molecule has 0 saturated heterocycles. The normalized spacial score (nSPS) is 12.2. The molecule has 0 N–H and O–H groups in total. The zero-order valence-electron chi connectivity index (χ0n) is 14.0. The van der Waals surface area contributed by atoms with E-state index in [2.05, 4.69) is 46.0 Å².